The molecule has 0 aromatic carbocycles. The highest BCUT2D eigenvalue weighted by atomic mass is 16.2. The van der Waals surface area contributed by atoms with Gasteiger partial charge in [-0.15, -0.1) is 0 Å². The lowest BCUT2D eigenvalue weighted by molar-refractivity contribution is -0.157. The van der Waals surface area contributed by atoms with Crippen LogP contribution >= 0.6 is 0 Å². The molecule has 1 amide bonds. The fourth-order valence-electron chi connectivity index (χ4n) is 1.66. The van der Waals surface area contributed by atoms with Crippen LogP contribution in [0.15, 0.2) is 0 Å². The summed E-state index contributed by atoms with van der Waals surface area (Å²) in [6, 6.07) is 0. The summed E-state index contributed by atoms with van der Waals surface area (Å²) in [5.74, 6) is 0.581. The molecule has 0 aromatic rings. The molecule has 1 fully saturated rings. The molecule has 0 N–H and O–H groups in total. The number of nitrogens with zero attached hydrogens (tertiary/aromatic N) is 2. The number of carbonyl (C=O) groups excluding carboxylic acids is 2. The molecule has 4 heteroatoms. The molecular weight excluding hydrogens is 180 g/mol. The van der Waals surface area contributed by atoms with Crippen LogP contribution in [0.3, 0.4) is 0 Å². The first-order valence-electron chi connectivity index (χ1n) is 5.14. The maximum atomic E-state index is 11.6. The monoisotopic (exact) mass is 198 g/mol. The molecule has 0 spiro atoms. The molecule has 1 aliphatic heterocycles. The molecule has 1 aliphatic rings. The van der Waals surface area contributed by atoms with Gasteiger partial charge in [0.15, 0.2) is 0 Å². The van der Waals surface area contributed by atoms with Crippen LogP contribution in [-0.4, -0.2) is 41.8 Å². The van der Waals surface area contributed by atoms with Gasteiger partial charge in [0, 0.05) is 19.5 Å². The highest BCUT2D eigenvalue weighted by Crippen LogP contribution is 2.13. The van der Waals surface area contributed by atoms with E-state index in [1.54, 1.807) is 5.01 Å². The Labute approximate surface area is 84.8 Å². The molecule has 0 unspecified atom stereocenters. The van der Waals surface area contributed by atoms with E-state index in [2.05, 4.69) is 13.8 Å². The smallest absolute Gasteiger partial charge is 0.236 e. The van der Waals surface area contributed by atoms with Crippen molar-refractivity contribution in [2.75, 3.05) is 19.6 Å². The van der Waals surface area contributed by atoms with Gasteiger partial charge in [-0.05, 0) is 12.3 Å². The Morgan fingerprint density at radius 3 is 2.79 bits per heavy atom. The second-order valence-corrected chi connectivity index (χ2v) is 4.05. The summed E-state index contributed by atoms with van der Waals surface area (Å²) >= 11 is 0. The summed E-state index contributed by atoms with van der Waals surface area (Å²) < 4.78 is 0. The zero-order valence-electron chi connectivity index (χ0n) is 8.90. The van der Waals surface area contributed by atoms with Crippen LogP contribution in [0.1, 0.15) is 26.7 Å². The van der Waals surface area contributed by atoms with Gasteiger partial charge in [0.25, 0.3) is 0 Å². The normalized spacial score (nSPS) is 19.1. The second kappa shape index (κ2) is 5.10. The van der Waals surface area contributed by atoms with Crippen molar-refractivity contribution in [2.45, 2.75) is 26.7 Å². The van der Waals surface area contributed by atoms with E-state index >= 15 is 0 Å². The van der Waals surface area contributed by atoms with Gasteiger partial charge in [-0.3, -0.25) is 9.80 Å². The van der Waals surface area contributed by atoms with Gasteiger partial charge in [-0.2, -0.15) is 0 Å². The topological polar surface area (TPSA) is 40.6 Å². The lowest BCUT2D eigenvalue weighted by atomic mass is 10.2. The first-order valence-corrected chi connectivity index (χ1v) is 5.14. The van der Waals surface area contributed by atoms with Crippen molar-refractivity contribution in [3.8, 4) is 0 Å². The zero-order valence-corrected chi connectivity index (χ0v) is 8.90. The molecule has 1 saturated heterocycles. The van der Waals surface area contributed by atoms with E-state index in [0.29, 0.717) is 25.4 Å². The van der Waals surface area contributed by atoms with Crippen LogP contribution in [0.25, 0.3) is 0 Å². The van der Waals surface area contributed by atoms with Gasteiger partial charge >= 0.3 is 0 Å². The van der Waals surface area contributed by atoms with Gasteiger partial charge in [0.05, 0.1) is 6.54 Å². The molecule has 4 nitrogen and oxygen atoms in total. The second-order valence-electron chi connectivity index (χ2n) is 4.05. The number of carbonyl (C=O) groups is 2. The summed E-state index contributed by atoms with van der Waals surface area (Å²) in [6.45, 7) is 6.00. The number of aldehydes is 1. The van der Waals surface area contributed by atoms with E-state index in [-0.39, 0.29) is 5.91 Å². The van der Waals surface area contributed by atoms with Crippen molar-refractivity contribution in [2.24, 2.45) is 5.92 Å². The summed E-state index contributed by atoms with van der Waals surface area (Å²) in [4.78, 5) is 22.0. The lowest BCUT2D eigenvalue weighted by Gasteiger charge is -2.38. The third kappa shape index (κ3) is 2.80. The minimum absolute atomic E-state index is 0.145. The molecule has 1 heterocycles. The van der Waals surface area contributed by atoms with Crippen molar-refractivity contribution >= 4 is 12.2 Å². The summed E-state index contributed by atoms with van der Waals surface area (Å²) in [6.07, 6.45) is 2.33. The van der Waals surface area contributed by atoms with Gasteiger partial charge in [0.1, 0.15) is 6.29 Å². The van der Waals surface area contributed by atoms with Crippen LogP contribution in [0.4, 0.5) is 0 Å². The predicted molar refractivity (Wildman–Crippen MR) is 53.4 cm³/mol. The quantitative estimate of drug-likeness (QED) is 0.624. The van der Waals surface area contributed by atoms with Crippen molar-refractivity contribution in [1.29, 1.82) is 0 Å². The highest BCUT2D eigenvalue weighted by Gasteiger charge is 2.25. The number of rotatable bonds is 4. The van der Waals surface area contributed by atoms with Crippen LogP contribution in [-0.2, 0) is 9.59 Å². The Morgan fingerprint density at radius 2 is 2.21 bits per heavy atom. The Balaban J connectivity index is 2.60. The average Bonchev–Trinajstić information content (AvgIpc) is 2.11. The molecule has 1 rings (SSSR count). The van der Waals surface area contributed by atoms with Crippen molar-refractivity contribution in [3.05, 3.63) is 0 Å². The fraction of sp³-hybridized carbons (Fsp3) is 0.800. The molecular formula is C10H18N2O2. The molecule has 0 aliphatic carbocycles. The Morgan fingerprint density at radius 1 is 1.50 bits per heavy atom. The van der Waals surface area contributed by atoms with E-state index in [9.17, 15) is 9.59 Å². The SMILES string of the molecule is CC(C)CN1C(=O)CCCN1CC=O. The number of hydrogen-bond acceptors (Lipinski definition) is 3. The van der Waals surface area contributed by atoms with Crippen LogP contribution in [0.2, 0.25) is 0 Å². The maximum absolute atomic E-state index is 11.6. The third-order valence-corrected chi connectivity index (χ3v) is 2.26. The molecule has 0 atom stereocenters. The Kier molecular flexibility index (Phi) is 4.07. The maximum Gasteiger partial charge on any atom is 0.236 e. The molecule has 0 aromatic heterocycles. The fourth-order valence-corrected chi connectivity index (χ4v) is 1.66. The first-order chi connectivity index (χ1) is 6.65. The summed E-state index contributed by atoms with van der Waals surface area (Å²) in [5, 5.41) is 3.57. The predicted octanol–water partition coefficient (Wildman–Crippen LogP) is 0.681. The van der Waals surface area contributed by atoms with Gasteiger partial charge in [-0.25, -0.2) is 5.01 Å². The van der Waals surface area contributed by atoms with E-state index in [4.69, 9.17) is 0 Å². The van der Waals surface area contributed by atoms with E-state index < -0.39 is 0 Å². The molecule has 80 valence electrons. The number of hydrogen-bond donors (Lipinski definition) is 0. The van der Waals surface area contributed by atoms with E-state index in [0.717, 1.165) is 19.3 Å². The largest absolute Gasteiger partial charge is 0.302 e. The lowest BCUT2D eigenvalue weighted by Crippen LogP contribution is -2.52. The third-order valence-electron chi connectivity index (χ3n) is 2.26. The molecule has 14 heavy (non-hydrogen) atoms. The van der Waals surface area contributed by atoms with Crippen LogP contribution in [0, 0.1) is 5.92 Å². The summed E-state index contributed by atoms with van der Waals surface area (Å²) in [5.41, 5.74) is 0. The van der Waals surface area contributed by atoms with Gasteiger partial charge in [-0.1, -0.05) is 13.8 Å². The zero-order chi connectivity index (χ0) is 10.6. The van der Waals surface area contributed by atoms with Crippen LogP contribution in [0.5, 0.6) is 0 Å². The Bertz CT molecular complexity index is 216. The molecule has 0 bridgehead atoms. The molecule has 0 radical (unpaired) electrons. The van der Waals surface area contributed by atoms with Crippen LogP contribution < -0.4 is 0 Å². The number of hydrazine groups is 1. The molecule has 0 saturated carbocycles. The highest BCUT2D eigenvalue weighted by molar-refractivity contribution is 5.76. The average molecular weight is 198 g/mol. The number of amides is 1. The minimum Gasteiger partial charge on any atom is -0.302 e. The first kappa shape index (κ1) is 11.2. The minimum atomic E-state index is 0.145. The summed E-state index contributed by atoms with van der Waals surface area (Å²) in [7, 11) is 0. The van der Waals surface area contributed by atoms with Crippen molar-refractivity contribution < 1.29 is 9.59 Å². The van der Waals surface area contributed by atoms with Gasteiger partial charge in [0.2, 0.25) is 5.91 Å². The van der Waals surface area contributed by atoms with Crippen molar-refractivity contribution in [3.63, 3.8) is 0 Å². The standard InChI is InChI=1S/C10H18N2O2/c1-9(2)8-12-10(14)4-3-5-11(12)6-7-13/h7,9H,3-6,8H2,1-2H3. The van der Waals surface area contributed by atoms with Crippen molar-refractivity contribution in [1.82, 2.24) is 10.0 Å². The van der Waals surface area contributed by atoms with E-state index in [1.807, 2.05) is 5.01 Å². The van der Waals surface area contributed by atoms with Gasteiger partial charge < -0.3 is 4.79 Å². The Hall–Kier alpha value is -0.900. The van der Waals surface area contributed by atoms with E-state index in [1.165, 1.54) is 0 Å².